The van der Waals surface area contributed by atoms with Gasteiger partial charge in [-0.25, -0.2) is 4.98 Å². The van der Waals surface area contributed by atoms with E-state index >= 15 is 0 Å². The van der Waals surface area contributed by atoms with E-state index in [0.29, 0.717) is 11.6 Å². The largest absolute Gasteiger partial charge is 0.473 e. The fourth-order valence-electron chi connectivity index (χ4n) is 1.83. The highest BCUT2D eigenvalue weighted by molar-refractivity contribution is 5.63. The summed E-state index contributed by atoms with van der Waals surface area (Å²) in [6.07, 6.45) is 7.48. The number of hydrogen-bond acceptors (Lipinski definition) is 5. The Morgan fingerprint density at radius 3 is 2.60 bits per heavy atom. The molecule has 5 heteroatoms. The standard InChI is InChI=1S/C10H16N4O/c11-8-9(12)13-6-14-10(8)15-7-4-2-1-3-5-7/h6-7H,1-5,11H2,(H2,12,13,14). The van der Waals surface area contributed by atoms with Crippen molar-refractivity contribution < 1.29 is 4.74 Å². The molecule has 0 bridgehead atoms. The summed E-state index contributed by atoms with van der Waals surface area (Å²) in [4.78, 5) is 7.79. The van der Waals surface area contributed by atoms with Gasteiger partial charge in [0.2, 0.25) is 5.88 Å². The molecule has 1 saturated carbocycles. The fraction of sp³-hybridized carbons (Fsp3) is 0.600. The number of hydrogen-bond donors (Lipinski definition) is 2. The van der Waals surface area contributed by atoms with Crippen LogP contribution < -0.4 is 16.2 Å². The lowest BCUT2D eigenvalue weighted by Gasteiger charge is -2.22. The summed E-state index contributed by atoms with van der Waals surface area (Å²) in [5, 5.41) is 0. The van der Waals surface area contributed by atoms with E-state index in [1.54, 1.807) is 0 Å². The van der Waals surface area contributed by atoms with Gasteiger partial charge in [-0.1, -0.05) is 6.42 Å². The summed E-state index contributed by atoms with van der Waals surface area (Å²) in [7, 11) is 0. The first-order chi connectivity index (χ1) is 7.27. The molecule has 2 rings (SSSR count). The van der Waals surface area contributed by atoms with Crippen LogP contribution in [0, 0.1) is 0 Å². The van der Waals surface area contributed by atoms with E-state index in [0.717, 1.165) is 12.8 Å². The zero-order chi connectivity index (χ0) is 10.7. The molecule has 4 N–H and O–H groups in total. The maximum Gasteiger partial charge on any atom is 0.242 e. The molecular weight excluding hydrogens is 192 g/mol. The van der Waals surface area contributed by atoms with Crippen molar-refractivity contribution in [1.82, 2.24) is 9.97 Å². The van der Waals surface area contributed by atoms with Gasteiger partial charge in [0.05, 0.1) is 0 Å². The van der Waals surface area contributed by atoms with Crippen LogP contribution >= 0.6 is 0 Å². The lowest BCUT2D eigenvalue weighted by molar-refractivity contribution is 0.149. The fourth-order valence-corrected chi connectivity index (χ4v) is 1.83. The van der Waals surface area contributed by atoms with E-state index in [4.69, 9.17) is 16.2 Å². The first-order valence-electron chi connectivity index (χ1n) is 5.30. The molecule has 1 aromatic rings. The van der Waals surface area contributed by atoms with E-state index in [9.17, 15) is 0 Å². The normalized spacial score (nSPS) is 17.6. The Morgan fingerprint density at radius 2 is 1.87 bits per heavy atom. The molecular formula is C10H16N4O. The summed E-state index contributed by atoms with van der Waals surface area (Å²) >= 11 is 0. The molecule has 82 valence electrons. The van der Waals surface area contributed by atoms with Crippen LogP contribution in [0.4, 0.5) is 11.5 Å². The van der Waals surface area contributed by atoms with Crippen molar-refractivity contribution in [3.8, 4) is 5.88 Å². The minimum Gasteiger partial charge on any atom is -0.473 e. The van der Waals surface area contributed by atoms with Gasteiger partial charge >= 0.3 is 0 Å². The molecule has 0 amide bonds. The lowest BCUT2D eigenvalue weighted by atomic mass is 9.98. The van der Waals surface area contributed by atoms with E-state index in [1.807, 2.05) is 0 Å². The molecule has 0 atom stereocenters. The molecule has 1 aliphatic carbocycles. The van der Waals surface area contributed by atoms with Crippen LogP contribution in [0.25, 0.3) is 0 Å². The van der Waals surface area contributed by atoms with Gasteiger partial charge in [0.15, 0.2) is 5.82 Å². The second-order valence-corrected chi connectivity index (χ2v) is 3.86. The smallest absolute Gasteiger partial charge is 0.242 e. The topological polar surface area (TPSA) is 87.0 Å². The third-order valence-electron chi connectivity index (χ3n) is 2.71. The molecule has 1 aliphatic rings. The van der Waals surface area contributed by atoms with E-state index < -0.39 is 0 Å². The molecule has 0 aliphatic heterocycles. The lowest BCUT2D eigenvalue weighted by Crippen LogP contribution is -2.21. The number of aromatic nitrogens is 2. The van der Waals surface area contributed by atoms with Crippen molar-refractivity contribution in [3.05, 3.63) is 6.33 Å². The SMILES string of the molecule is Nc1ncnc(OC2CCCCC2)c1N. The van der Waals surface area contributed by atoms with Crippen LogP contribution in [-0.2, 0) is 0 Å². The Balaban J connectivity index is 2.06. The quantitative estimate of drug-likeness (QED) is 0.766. The summed E-state index contributed by atoms with van der Waals surface area (Å²) in [6.45, 7) is 0. The van der Waals surface area contributed by atoms with Gasteiger partial charge in [-0.2, -0.15) is 4.98 Å². The third kappa shape index (κ3) is 2.29. The van der Waals surface area contributed by atoms with Gasteiger partial charge in [0.1, 0.15) is 18.1 Å². The van der Waals surface area contributed by atoms with Crippen molar-refractivity contribution in [2.45, 2.75) is 38.2 Å². The van der Waals surface area contributed by atoms with E-state index in [-0.39, 0.29) is 11.9 Å². The molecule has 1 aromatic heterocycles. The van der Waals surface area contributed by atoms with Gasteiger partial charge in [0.25, 0.3) is 0 Å². The van der Waals surface area contributed by atoms with Crippen molar-refractivity contribution in [3.63, 3.8) is 0 Å². The summed E-state index contributed by atoms with van der Waals surface area (Å²) in [5.41, 5.74) is 11.6. The average Bonchev–Trinajstić information content (AvgIpc) is 2.26. The third-order valence-corrected chi connectivity index (χ3v) is 2.71. The number of anilines is 2. The molecule has 0 radical (unpaired) electrons. The second kappa shape index (κ2) is 4.33. The summed E-state index contributed by atoms with van der Waals surface area (Å²) in [6, 6.07) is 0. The highest BCUT2D eigenvalue weighted by atomic mass is 16.5. The minimum atomic E-state index is 0.232. The number of nitrogen functional groups attached to an aromatic ring is 2. The predicted molar refractivity (Wildman–Crippen MR) is 58.4 cm³/mol. The number of ether oxygens (including phenoxy) is 1. The predicted octanol–water partition coefficient (Wildman–Crippen LogP) is 1.35. The molecule has 15 heavy (non-hydrogen) atoms. The summed E-state index contributed by atoms with van der Waals surface area (Å²) < 4.78 is 5.71. The monoisotopic (exact) mass is 208 g/mol. The number of nitrogens with two attached hydrogens (primary N) is 2. The van der Waals surface area contributed by atoms with Crippen LogP contribution in [0.2, 0.25) is 0 Å². The summed E-state index contributed by atoms with van der Waals surface area (Å²) in [5.74, 6) is 0.713. The molecule has 0 saturated heterocycles. The van der Waals surface area contributed by atoms with Crippen LogP contribution in [0.1, 0.15) is 32.1 Å². The number of rotatable bonds is 2. The van der Waals surface area contributed by atoms with E-state index in [1.165, 1.54) is 25.6 Å². The molecule has 0 aromatic carbocycles. The zero-order valence-corrected chi connectivity index (χ0v) is 8.65. The van der Waals surface area contributed by atoms with Crippen molar-refractivity contribution in [2.24, 2.45) is 0 Å². The van der Waals surface area contributed by atoms with Gasteiger partial charge in [-0.15, -0.1) is 0 Å². The van der Waals surface area contributed by atoms with Gasteiger partial charge in [0, 0.05) is 0 Å². The van der Waals surface area contributed by atoms with Gasteiger partial charge in [-0.05, 0) is 25.7 Å². The first-order valence-corrected chi connectivity index (χ1v) is 5.30. The zero-order valence-electron chi connectivity index (χ0n) is 8.65. The van der Waals surface area contributed by atoms with Crippen LogP contribution in [0.5, 0.6) is 5.88 Å². The van der Waals surface area contributed by atoms with E-state index in [2.05, 4.69) is 9.97 Å². The number of nitrogens with zero attached hydrogens (tertiary/aromatic N) is 2. The molecule has 0 unspecified atom stereocenters. The average molecular weight is 208 g/mol. The Bertz CT molecular complexity index is 336. The second-order valence-electron chi connectivity index (χ2n) is 3.86. The highest BCUT2D eigenvalue weighted by Crippen LogP contribution is 2.27. The Morgan fingerprint density at radius 1 is 1.13 bits per heavy atom. The van der Waals surface area contributed by atoms with Gasteiger partial charge in [-0.3, -0.25) is 0 Å². The first kappa shape index (κ1) is 10.0. The van der Waals surface area contributed by atoms with Crippen molar-refractivity contribution >= 4 is 11.5 Å². The van der Waals surface area contributed by atoms with Gasteiger partial charge < -0.3 is 16.2 Å². The minimum absolute atomic E-state index is 0.232. The van der Waals surface area contributed by atoms with Crippen molar-refractivity contribution in [2.75, 3.05) is 11.5 Å². The molecule has 1 heterocycles. The molecule has 1 fully saturated rings. The molecule has 0 spiro atoms. The maximum atomic E-state index is 5.72. The maximum absolute atomic E-state index is 5.72. The Hall–Kier alpha value is -1.52. The van der Waals surface area contributed by atoms with Crippen LogP contribution in [-0.4, -0.2) is 16.1 Å². The highest BCUT2D eigenvalue weighted by Gasteiger charge is 2.17. The van der Waals surface area contributed by atoms with Crippen LogP contribution in [0.3, 0.4) is 0 Å². The Labute approximate surface area is 88.8 Å². The Kier molecular flexibility index (Phi) is 2.89. The molecule has 5 nitrogen and oxygen atoms in total. The van der Waals surface area contributed by atoms with Crippen molar-refractivity contribution in [1.29, 1.82) is 0 Å². The van der Waals surface area contributed by atoms with Crippen LogP contribution in [0.15, 0.2) is 6.33 Å².